The Hall–Kier alpha value is -2.34. The molecular weight excluding hydrogens is 224 g/mol. The molecule has 0 N–H and O–H groups in total. The van der Waals surface area contributed by atoms with Gasteiger partial charge in [-0.2, -0.15) is 0 Å². The van der Waals surface area contributed by atoms with Crippen molar-refractivity contribution in [3.05, 3.63) is 53.6 Å². The minimum absolute atomic E-state index is 0.409. The Morgan fingerprint density at radius 2 is 2.06 bits per heavy atom. The Bertz CT molecular complexity index is 588. The lowest BCUT2D eigenvalue weighted by molar-refractivity contribution is 0.111. The predicted molar refractivity (Wildman–Crippen MR) is 70.3 cm³/mol. The van der Waals surface area contributed by atoms with Crippen LogP contribution in [0.5, 0.6) is 0 Å². The van der Waals surface area contributed by atoms with Crippen molar-refractivity contribution >= 4 is 6.29 Å². The minimum atomic E-state index is 0.409. The normalized spacial score (nSPS) is 9.61. The number of carbonyl (C=O) groups excluding carboxylic acids is 1. The quantitative estimate of drug-likeness (QED) is 0.608. The third-order valence-corrected chi connectivity index (χ3v) is 2.54. The molecule has 3 heteroatoms. The van der Waals surface area contributed by atoms with Gasteiger partial charge in [-0.15, -0.1) is 0 Å². The summed E-state index contributed by atoms with van der Waals surface area (Å²) < 4.78 is 1.92. The zero-order valence-corrected chi connectivity index (χ0v) is 10.3. The Morgan fingerprint density at radius 3 is 2.72 bits per heavy atom. The van der Waals surface area contributed by atoms with Crippen LogP contribution < -0.4 is 0 Å². The summed E-state index contributed by atoms with van der Waals surface area (Å²) in [4.78, 5) is 15.0. The second-order valence-electron chi connectivity index (χ2n) is 3.91. The highest BCUT2D eigenvalue weighted by Crippen LogP contribution is 2.06. The first-order valence-corrected chi connectivity index (χ1v) is 5.92. The van der Waals surface area contributed by atoms with Crippen molar-refractivity contribution in [3.8, 4) is 11.8 Å². The number of hydrogen-bond donors (Lipinski definition) is 0. The largest absolute Gasteiger partial charge is 0.324 e. The van der Waals surface area contributed by atoms with E-state index in [0.29, 0.717) is 11.4 Å². The van der Waals surface area contributed by atoms with Gasteiger partial charge in [0.25, 0.3) is 0 Å². The lowest BCUT2D eigenvalue weighted by Crippen LogP contribution is -1.99. The standard InChI is InChI=1S/C15H14N2O/c1-2-10-17-12-16-14(11-18)15(17)9-8-13-6-4-3-5-7-13/h3-7,11-12H,2,10H2,1H3. The van der Waals surface area contributed by atoms with Crippen LogP contribution in [0.3, 0.4) is 0 Å². The molecule has 0 saturated heterocycles. The van der Waals surface area contributed by atoms with Gasteiger partial charge in [0, 0.05) is 12.1 Å². The number of benzene rings is 1. The van der Waals surface area contributed by atoms with E-state index in [0.717, 1.165) is 24.8 Å². The van der Waals surface area contributed by atoms with Crippen LogP contribution in [0.2, 0.25) is 0 Å². The molecule has 2 aromatic rings. The number of rotatable bonds is 3. The van der Waals surface area contributed by atoms with Crippen LogP contribution in [-0.2, 0) is 6.54 Å². The van der Waals surface area contributed by atoms with Crippen LogP contribution in [0.25, 0.3) is 0 Å². The van der Waals surface area contributed by atoms with Crippen LogP contribution >= 0.6 is 0 Å². The molecule has 0 amide bonds. The zero-order chi connectivity index (χ0) is 12.8. The smallest absolute Gasteiger partial charge is 0.171 e. The van der Waals surface area contributed by atoms with Crippen molar-refractivity contribution in [2.45, 2.75) is 19.9 Å². The lowest BCUT2D eigenvalue weighted by atomic mass is 10.2. The highest BCUT2D eigenvalue weighted by Gasteiger charge is 2.06. The zero-order valence-electron chi connectivity index (χ0n) is 10.3. The molecule has 0 unspecified atom stereocenters. The Kier molecular flexibility index (Phi) is 3.93. The van der Waals surface area contributed by atoms with E-state index in [4.69, 9.17) is 0 Å². The number of carbonyl (C=O) groups is 1. The summed E-state index contributed by atoms with van der Waals surface area (Å²) in [6.07, 6.45) is 3.40. The average Bonchev–Trinajstić information content (AvgIpc) is 2.80. The second kappa shape index (κ2) is 5.83. The topological polar surface area (TPSA) is 34.9 Å². The number of imidazole rings is 1. The minimum Gasteiger partial charge on any atom is -0.324 e. The Balaban J connectivity index is 2.36. The van der Waals surface area contributed by atoms with Crippen LogP contribution in [-0.4, -0.2) is 15.8 Å². The van der Waals surface area contributed by atoms with Crippen molar-refractivity contribution in [1.29, 1.82) is 0 Å². The molecule has 1 aromatic carbocycles. The molecule has 18 heavy (non-hydrogen) atoms. The first kappa shape index (κ1) is 12.1. The third-order valence-electron chi connectivity index (χ3n) is 2.54. The van der Waals surface area contributed by atoms with E-state index in [1.807, 2.05) is 34.9 Å². The molecule has 2 rings (SSSR count). The molecule has 90 valence electrons. The van der Waals surface area contributed by atoms with E-state index < -0.39 is 0 Å². The van der Waals surface area contributed by atoms with E-state index in [9.17, 15) is 4.79 Å². The highest BCUT2D eigenvalue weighted by molar-refractivity contribution is 5.75. The van der Waals surface area contributed by atoms with E-state index in [1.165, 1.54) is 0 Å². The predicted octanol–water partition coefficient (Wildman–Crippen LogP) is 2.51. The molecule has 1 heterocycles. The molecule has 0 aliphatic heterocycles. The Labute approximate surface area is 106 Å². The van der Waals surface area contributed by atoms with Gasteiger partial charge in [0.15, 0.2) is 6.29 Å². The van der Waals surface area contributed by atoms with Crippen molar-refractivity contribution in [2.24, 2.45) is 0 Å². The van der Waals surface area contributed by atoms with E-state index in [1.54, 1.807) is 6.33 Å². The maximum absolute atomic E-state index is 10.9. The first-order valence-electron chi connectivity index (χ1n) is 5.92. The highest BCUT2D eigenvalue weighted by atomic mass is 16.1. The van der Waals surface area contributed by atoms with E-state index >= 15 is 0 Å². The summed E-state index contributed by atoms with van der Waals surface area (Å²) in [5.74, 6) is 6.08. The van der Waals surface area contributed by atoms with Gasteiger partial charge in [-0.3, -0.25) is 4.79 Å². The number of hydrogen-bond acceptors (Lipinski definition) is 2. The second-order valence-corrected chi connectivity index (χ2v) is 3.91. The number of aldehydes is 1. The molecule has 0 spiro atoms. The fourth-order valence-electron chi connectivity index (χ4n) is 1.68. The van der Waals surface area contributed by atoms with E-state index in [2.05, 4.69) is 23.7 Å². The molecular formula is C15H14N2O. The number of aromatic nitrogens is 2. The van der Waals surface area contributed by atoms with Gasteiger partial charge in [-0.1, -0.05) is 31.0 Å². The molecule has 3 nitrogen and oxygen atoms in total. The first-order chi connectivity index (χ1) is 8.85. The maximum Gasteiger partial charge on any atom is 0.171 e. The number of aryl methyl sites for hydroxylation is 1. The summed E-state index contributed by atoms with van der Waals surface area (Å²) >= 11 is 0. The van der Waals surface area contributed by atoms with Gasteiger partial charge < -0.3 is 4.57 Å². The third kappa shape index (κ3) is 2.67. The summed E-state index contributed by atoms with van der Waals surface area (Å²) in [6, 6.07) is 9.70. The summed E-state index contributed by atoms with van der Waals surface area (Å²) in [5, 5.41) is 0. The molecule has 1 aromatic heterocycles. The van der Waals surface area contributed by atoms with Crippen molar-refractivity contribution < 1.29 is 4.79 Å². The fourth-order valence-corrected chi connectivity index (χ4v) is 1.68. The van der Waals surface area contributed by atoms with Gasteiger partial charge in [-0.25, -0.2) is 4.98 Å². The lowest BCUT2D eigenvalue weighted by Gasteiger charge is -2.00. The molecule has 0 atom stereocenters. The number of nitrogens with zero attached hydrogens (tertiary/aromatic N) is 2. The SMILES string of the molecule is CCCn1cnc(C=O)c1C#Cc1ccccc1. The molecule has 0 saturated carbocycles. The Morgan fingerprint density at radius 1 is 1.28 bits per heavy atom. The molecule has 0 radical (unpaired) electrons. The summed E-state index contributed by atoms with van der Waals surface area (Å²) in [6.45, 7) is 2.90. The van der Waals surface area contributed by atoms with Crippen LogP contribution in [0, 0.1) is 11.8 Å². The van der Waals surface area contributed by atoms with Gasteiger partial charge in [0.05, 0.1) is 6.33 Å². The molecule has 0 aliphatic carbocycles. The van der Waals surface area contributed by atoms with E-state index in [-0.39, 0.29) is 0 Å². The average molecular weight is 238 g/mol. The molecule has 0 fully saturated rings. The van der Waals surface area contributed by atoms with Crippen molar-refractivity contribution in [1.82, 2.24) is 9.55 Å². The molecule has 0 bridgehead atoms. The van der Waals surface area contributed by atoms with Gasteiger partial charge in [-0.05, 0) is 24.5 Å². The van der Waals surface area contributed by atoms with Gasteiger partial charge in [0.1, 0.15) is 11.4 Å². The van der Waals surface area contributed by atoms with Crippen LogP contribution in [0.15, 0.2) is 36.7 Å². The van der Waals surface area contributed by atoms with Gasteiger partial charge >= 0.3 is 0 Å². The van der Waals surface area contributed by atoms with Crippen molar-refractivity contribution in [2.75, 3.05) is 0 Å². The summed E-state index contributed by atoms with van der Waals surface area (Å²) in [7, 11) is 0. The van der Waals surface area contributed by atoms with Crippen LogP contribution in [0.1, 0.15) is 35.1 Å². The van der Waals surface area contributed by atoms with Gasteiger partial charge in [0.2, 0.25) is 0 Å². The van der Waals surface area contributed by atoms with Crippen LogP contribution in [0.4, 0.5) is 0 Å². The fraction of sp³-hybridized carbons (Fsp3) is 0.200. The summed E-state index contributed by atoms with van der Waals surface area (Å²) in [5.41, 5.74) is 2.03. The maximum atomic E-state index is 10.9. The molecule has 0 aliphatic rings. The monoisotopic (exact) mass is 238 g/mol. The van der Waals surface area contributed by atoms with Crippen molar-refractivity contribution in [3.63, 3.8) is 0 Å².